The van der Waals surface area contributed by atoms with Crippen LogP contribution in [0.15, 0.2) is 35.3 Å². The van der Waals surface area contributed by atoms with Gasteiger partial charge in [0.05, 0.1) is 13.7 Å². The highest BCUT2D eigenvalue weighted by molar-refractivity contribution is 7.27. The maximum absolute atomic E-state index is 14.8. The van der Waals surface area contributed by atoms with E-state index in [1.807, 2.05) is 6.92 Å². The SMILES string of the molecule is COCCn1cccc(N2C(=O)C[C@H](c3c(F)cc(OC)cc3P)[C@H]2C)c1=O. The van der Waals surface area contributed by atoms with Crippen LogP contribution in [0.5, 0.6) is 5.75 Å². The van der Waals surface area contributed by atoms with Gasteiger partial charge in [-0.05, 0) is 30.4 Å². The Hall–Kier alpha value is -2.24. The third-order valence-electron chi connectivity index (χ3n) is 5.19. The van der Waals surface area contributed by atoms with Gasteiger partial charge in [0.2, 0.25) is 5.91 Å². The topological polar surface area (TPSA) is 60.8 Å². The standard InChI is InChI=1S/C20H24FN2O4P/c1-12-14(19-15(21)9-13(27-3)10-17(19)28)11-18(24)23(12)16-5-4-6-22(20(16)25)7-8-26-2/h4-6,9-10,12,14H,7-8,11,28H2,1-3H3/t12-,14+/m1/s1. The maximum Gasteiger partial charge on any atom is 0.274 e. The van der Waals surface area contributed by atoms with Gasteiger partial charge in [0.15, 0.2) is 0 Å². The van der Waals surface area contributed by atoms with E-state index in [1.165, 1.54) is 22.6 Å². The van der Waals surface area contributed by atoms with E-state index in [0.717, 1.165) is 0 Å². The molecule has 1 aromatic heterocycles. The van der Waals surface area contributed by atoms with E-state index >= 15 is 0 Å². The van der Waals surface area contributed by atoms with Crippen LogP contribution in [0.2, 0.25) is 0 Å². The number of pyridine rings is 1. The molecule has 1 aromatic carbocycles. The van der Waals surface area contributed by atoms with Gasteiger partial charge >= 0.3 is 0 Å². The molecule has 1 unspecified atom stereocenters. The first-order valence-corrected chi connectivity index (χ1v) is 9.60. The van der Waals surface area contributed by atoms with Gasteiger partial charge in [-0.25, -0.2) is 4.39 Å². The molecule has 3 rings (SSSR count). The lowest BCUT2D eigenvalue weighted by Crippen LogP contribution is -2.38. The molecule has 2 aromatic rings. The number of hydrogen-bond donors (Lipinski definition) is 0. The number of methoxy groups -OCH3 is 2. The van der Waals surface area contributed by atoms with Crippen LogP contribution >= 0.6 is 9.24 Å². The quantitative estimate of drug-likeness (QED) is 0.689. The van der Waals surface area contributed by atoms with E-state index in [2.05, 4.69) is 9.24 Å². The van der Waals surface area contributed by atoms with Crippen molar-refractivity contribution in [1.29, 1.82) is 0 Å². The number of anilines is 1. The van der Waals surface area contributed by atoms with Gasteiger partial charge < -0.3 is 18.9 Å². The van der Waals surface area contributed by atoms with Gasteiger partial charge in [0, 0.05) is 49.9 Å². The van der Waals surface area contributed by atoms with Gasteiger partial charge in [0.1, 0.15) is 17.3 Å². The van der Waals surface area contributed by atoms with E-state index in [1.54, 1.807) is 31.5 Å². The van der Waals surface area contributed by atoms with E-state index in [-0.39, 0.29) is 29.8 Å². The maximum atomic E-state index is 14.8. The molecule has 1 fully saturated rings. The summed E-state index contributed by atoms with van der Waals surface area (Å²) in [6.45, 7) is 2.63. The number of aromatic nitrogens is 1. The molecule has 0 N–H and O–H groups in total. The Morgan fingerprint density at radius 1 is 1.29 bits per heavy atom. The molecule has 1 aliphatic rings. The van der Waals surface area contributed by atoms with Crippen LogP contribution in [0.25, 0.3) is 0 Å². The molecule has 0 saturated carbocycles. The summed E-state index contributed by atoms with van der Waals surface area (Å²) in [6, 6.07) is 6.05. The zero-order valence-corrected chi connectivity index (χ0v) is 17.3. The number of ether oxygens (including phenoxy) is 2. The summed E-state index contributed by atoms with van der Waals surface area (Å²) >= 11 is 0. The number of hydrogen-bond acceptors (Lipinski definition) is 4. The summed E-state index contributed by atoms with van der Waals surface area (Å²) in [5, 5.41) is 0.647. The van der Waals surface area contributed by atoms with E-state index in [9.17, 15) is 14.0 Å². The van der Waals surface area contributed by atoms with Gasteiger partial charge in [-0.1, -0.05) is 0 Å². The molecule has 0 bridgehead atoms. The highest BCUT2D eigenvalue weighted by Gasteiger charge is 2.41. The highest BCUT2D eigenvalue weighted by Crippen LogP contribution is 2.38. The average molecular weight is 406 g/mol. The molecule has 1 saturated heterocycles. The minimum absolute atomic E-state index is 0.137. The molecule has 1 amide bonds. The number of carbonyl (C=O) groups excluding carboxylic acids is 1. The Morgan fingerprint density at radius 2 is 2.04 bits per heavy atom. The molecular formula is C20H24FN2O4P. The summed E-state index contributed by atoms with van der Waals surface area (Å²) in [6.07, 6.45) is 1.80. The number of carbonyl (C=O) groups is 1. The lowest BCUT2D eigenvalue weighted by Gasteiger charge is -2.26. The molecular weight excluding hydrogens is 382 g/mol. The van der Waals surface area contributed by atoms with Crippen LogP contribution in [0.4, 0.5) is 10.1 Å². The lowest BCUT2D eigenvalue weighted by molar-refractivity contribution is -0.117. The molecule has 3 atom stereocenters. The van der Waals surface area contributed by atoms with Crippen molar-refractivity contribution in [3.05, 3.63) is 52.2 Å². The number of halogens is 1. The van der Waals surface area contributed by atoms with Crippen LogP contribution in [-0.2, 0) is 16.1 Å². The van der Waals surface area contributed by atoms with Crippen LogP contribution in [0, 0.1) is 5.82 Å². The predicted molar refractivity (Wildman–Crippen MR) is 109 cm³/mol. The minimum Gasteiger partial charge on any atom is -0.497 e. The first-order chi connectivity index (χ1) is 13.4. The molecule has 0 spiro atoms. The average Bonchev–Trinajstić information content (AvgIpc) is 2.94. The Balaban J connectivity index is 1.98. The summed E-state index contributed by atoms with van der Waals surface area (Å²) in [5.74, 6) is -0.553. The highest BCUT2D eigenvalue weighted by atomic mass is 31.0. The molecule has 0 aliphatic carbocycles. The second-order valence-corrected chi connectivity index (χ2v) is 7.43. The summed E-state index contributed by atoms with van der Waals surface area (Å²) in [4.78, 5) is 27.1. The molecule has 150 valence electrons. The van der Waals surface area contributed by atoms with Crippen molar-refractivity contribution in [1.82, 2.24) is 4.57 Å². The lowest BCUT2D eigenvalue weighted by atomic mass is 9.91. The molecule has 2 heterocycles. The second-order valence-electron chi connectivity index (χ2n) is 6.81. The van der Waals surface area contributed by atoms with Crippen LogP contribution in [0.3, 0.4) is 0 Å². The Labute approximate surface area is 165 Å². The third-order valence-corrected chi connectivity index (χ3v) is 5.67. The zero-order chi connectivity index (χ0) is 20.4. The van der Waals surface area contributed by atoms with Gasteiger partial charge in [-0.2, -0.15) is 0 Å². The second kappa shape index (κ2) is 8.41. The van der Waals surface area contributed by atoms with Crippen molar-refractivity contribution in [2.75, 3.05) is 25.7 Å². The van der Waals surface area contributed by atoms with E-state index < -0.39 is 5.82 Å². The Bertz CT molecular complexity index is 923. The summed E-state index contributed by atoms with van der Waals surface area (Å²) in [7, 11) is 5.56. The smallest absolute Gasteiger partial charge is 0.274 e. The zero-order valence-electron chi connectivity index (χ0n) is 16.1. The van der Waals surface area contributed by atoms with Gasteiger partial charge in [-0.3, -0.25) is 9.59 Å². The van der Waals surface area contributed by atoms with Crippen molar-refractivity contribution < 1.29 is 18.7 Å². The number of benzene rings is 1. The normalized spacial score (nSPS) is 19.3. The van der Waals surface area contributed by atoms with Crippen molar-refractivity contribution >= 4 is 26.1 Å². The molecule has 6 nitrogen and oxygen atoms in total. The fraction of sp³-hybridized carbons (Fsp3) is 0.400. The predicted octanol–water partition coefficient (Wildman–Crippen LogP) is 2.05. The fourth-order valence-electron chi connectivity index (χ4n) is 3.76. The first kappa shape index (κ1) is 20.5. The largest absolute Gasteiger partial charge is 0.497 e. The van der Waals surface area contributed by atoms with Crippen molar-refractivity contribution in [2.24, 2.45) is 0 Å². The van der Waals surface area contributed by atoms with Gasteiger partial charge in [-0.15, -0.1) is 9.24 Å². The summed E-state index contributed by atoms with van der Waals surface area (Å²) < 4.78 is 26.4. The van der Waals surface area contributed by atoms with Crippen LogP contribution in [-0.4, -0.2) is 37.3 Å². The van der Waals surface area contributed by atoms with Crippen molar-refractivity contribution in [2.45, 2.75) is 31.8 Å². The van der Waals surface area contributed by atoms with Crippen LogP contribution in [0.1, 0.15) is 24.8 Å². The minimum atomic E-state index is -0.415. The summed E-state index contributed by atoms with van der Waals surface area (Å²) in [5.41, 5.74) is 0.504. The van der Waals surface area contributed by atoms with Crippen LogP contribution < -0.4 is 20.5 Å². The fourth-order valence-corrected chi connectivity index (χ4v) is 4.27. The Kier molecular flexibility index (Phi) is 6.16. The molecule has 0 radical (unpaired) electrons. The monoisotopic (exact) mass is 406 g/mol. The number of amides is 1. The molecule has 28 heavy (non-hydrogen) atoms. The third kappa shape index (κ3) is 3.69. The number of rotatable bonds is 6. The Morgan fingerprint density at radius 3 is 2.68 bits per heavy atom. The first-order valence-electron chi connectivity index (χ1n) is 9.02. The van der Waals surface area contributed by atoms with Crippen molar-refractivity contribution in [3.63, 3.8) is 0 Å². The van der Waals surface area contributed by atoms with Gasteiger partial charge in [0.25, 0.3) is 5.56 Å². The van der Waals surface area contributed by atoms with E-state index in [0.29, 0.717) is 35.5 Å². The van der Waals surface area contributed by atoms with Crippen molar-refractivity contribution in [3.8, 4) is 5.75 Å². The van der Waals surface area contributed by atoms with E-state index in [4.69, 9.17) is 9.47 Å². The molecule has 8 heteroatoms. The molecule has 1 aliphatic heterocycles. The number of nitrogens with zero attached hydrogens (tertiary/aromatic N) is 2.